The number of hydrogen-bond acceptors (Lipinski definition) is 2. The molecule has 1 N–H and O–H groups in total. The highest BCUT2D eigenvalue weighted by Gasteiger charge is 2.25. The van der Waals surface area contributed by atoms with Crippen molar-refractivity contribution in [3.63, 3.8) is 0 Å². The first-order valence-corrected chi connectivity index (χ1v) is 6.91. The second kappa shape index (κ2) is 6.39. The summed E-state index contributed by atoms with van der Waals surface area (Å²) < 4.78 is 19.3. The van der Waals surface area contributed by atoms with Gasteiger partial charge >= 0.3 is 0 Å². The van der Waals surface area contributed by atoms with E-state index in [1.54, 1.807) is 12.1 Å². The van der Waals surface area contributed by atoms with Gasteiger partial charge in [-0.1, -0.05) is 24.9 Å². The first-order valence-electron chi connectivity index (χ1n) is 6.53. The molecule has 0 radical (unpaired) electrons. The van der Waals surface area contributed by atoms with Gasteiger partial charge in [0.1, 0.15) is 17.7 Å². The van der Waals surface area contributed by atoms with Crippen molar-refractivity contribution in [1.82, 2.24) is 5.32 Å². The van der Waals surface area contributed by atoms with Gasteiger partial charge in [0, 0.05) is 18.5 Å². The Hall–Kier alpha value is -0.800. The molecule has 2 rings (SSSR count). The van der Waals surface area contributed by atoms with Crippen LogP contribution in [0.5, 0.6) is 5.75 Å². The topological polar surface area (TPSA) is 21.3 Å². The molecule has 1 saturated heterocycles. The van der Waals surface area contributed by atoms with E-state index < -0.39 is 5.82 Å². The van der Waals surface area contributed by atoms with Crippen LogP contribution in [0, 0.1) is 11.7 Å². The SMILES string of the molecule is CCC[C@H](Oc1ccc(Cl)c(F)c1)C1CCNC1. The van der Waals surface area contributed by atoms with Gasteiger partial charge in [-0.3, -0.25) is 0 Å². The highest BCUT2D eigenvalue weighted by molar-refractivity contribution is 6.30. The zero-order valence-corrected chi connectivity index (χ0v) is 11.3. The van der Waals surface area contributed by atoms with Crippen molar-refractivity contribution < 1.29 is 9.13 Å². The molecular formula is C14H19ClFNO. The van der Waals surface area contributed by atoms with Gasteiger partial charge in [-0.2, -0.15) is 0 Å². The third-order valence-electron chi connectivity index (χ3n) is 3.38. The maximum Gasteiger partial charge on any atom is 0.145 e. The maximum absolute atomic E-state index is 13.4. The zero-order valence-electron chi connectivity index (χ0n) is 10.6. The predicted octanol–water partition coefficient (Wildman–Crippen LogP) is 3.64. The minimum Gasteiger partial charge on any atom is -0.490 e. The Morgan fingerprint density at radius 3 is 3.00 bits per heavy atom. The van der Waals surface area contributed by atoms with E-state index in [1.807, 2.05) is 0 Å². The summed E-state index contributed by atoms with van der Waals surface area (Å²) in [6, 6.07) is 4.64. The normalized spacial score (nSPS) is 20.9. The van der Waals surface area contributed by atoms with Crippen molar-refractivity contribution >= 4 is 11.6 Å². The molecule has 0 spiro atoms. The molecule has 100 valence electrons. The smallest absolute Gasteiger partial charge is 0.145 e. The average Bonchev–Trinajstić information content (AvgIpc) is 2.87. The minimum atomic E-state index is -0.422. The molecule has 0 aromatic heterocycles. The number of ether oxygens (including phenoxy) is 1. The summed E-state index contributed by atoms with van der Waals surface area (Å²) >= 11 is 5.66. The van der Waals surface area contributed by atoms with Crippen LogP contribution in [0.4, 0.5) is 4.39 Å². The molecule has 2 atom stereocenters. The molecular weight excluding hydrogens is 253 g/mol. The molecule has 0 aliphatic carbocycles. The third kappa shape index (κ3) is 3.36. The average molecular weight is 272 g/mol. The first-order chi connectivity index (χ1) is 8.70. The molecule has 1 aliphatic heterocycles. The van der Waals surface area contributed by atoms with Crippen LogP contribution in [0.1, 0.15) is 26.2 Å². The Kier molecular flexibility index (Phi) is 4.84. The second-order valence-electron chi connectivity index (χ2n) is 4.77. The molecule has 18 heavy (non-hydrogen) atoms. The second-order valence-corrected chi connectivity index (χ2v) is 5.18. The highest BCUT2D eigenvalue weighted by Crippen LogP contribution is 2.26. The molecule has 1 aromatic rings. The highest BCUT2D eigenvalue weighted by atomic mass is 35.5. The minimum absolute atomic E-state index is 0.136. The van der Waals surface area contributed by atoms with E-state index in [9.17, 15) is 4.39 Å². The van der Waals surface area contributed by atoms with Crippen molar-refractivity contribution in [2.24, 2.45) is 5.92 Å². The fraction of sp³-hybridized carbons (Fsp3) is 0.571. The van der Waals surface area contributed by atoms with Crippen molar-refractivity contribution in [2.75, 3.05) is 13.1 Å². The molecule has 1 aliphatic rings. The molecule has 4 heteroatoms. The molecule has 1 aromatic carbocycles. The van der Waals surface area contributed by atoms with Gasteiger partial charge in [-0.05, 0) is 31.5 Å². The van der Waals surface area contributed by atoms with Crippen LogP contribution in [0.2, 0.25) is 5.02 Å². The fourth-order valence-electron chi connectivity index (χ4n) is 2.39. The summed E-state index contributed by atoms with van der Waals surface area (Å²) in [6.45, 7) is 4.17. The Morgan fingerprint density at radius 1 is 1.56 bits per heavy atom. The van der Waals surface area contributed by atoms with Crippen LogP contribution in [0.3, 0.4) is 0 Å². The van der Waals surface area contributed by atoms with E-state index in [-0.39, 0.29) is 11.1 Å². The van der Waals surface area contributed by atoms with Crippen molar-refractivity contribution in [1.29, 1.82) is 0 Å². The summed E-state index contributed by atoms with van der Waals surface area (Å²) in [5, 5.41) is 3.48. The lowest BCUT2D eigenvalue weighted by Gasteiger charge is -2.24. The van der Waals surface area contributed by atoms with Gasteiger partial charge in [0.15, 0.2) is 0 Å². The lowest BCUT2D eigenvalue weighted by Crippen LogP contribution is -2.28. The van der Waals surface area contributed by atoms with Crippen molar-refractivity contribution in [3.8, 4) is 5.75 Å². The Labute approximate surface area is 112 Å². The molecule has 1 fully saturated rings. The van der Waals surface area contributed by atoms with E-state index in [0.717, 1.165) is 32.4 Å². The Balaban J connectivity index is 2.04. The van der Waals surface area contributed by atoms with Crippen molar-refractivity contribution in [2.45, 2.75) is 32.3 Å². The van der Waals surface area contributed by atoms with Crippen LogP contribution >= 0.6 is 11.6 Å². The largest absolute Gasteiger partial charge is 0.490 e. The third-order valence-corrected chi connectivity index (χ3v) is 3.68. The summed E-state index contributed by atoms with van der Waals surface area (Å²) in [7, 11) is 0. The Morgan fingerprint density at radius 2 is 2.39 bits per heavy atom. The molecule has 0 saturated carbocycles. The number of hydrogen-bond donors (Lipinski definition) is 1. The van der Waals surface area contributed by atoms with Gasteiger partial charge in [-0.15, -0.1) is 0 Å². The number of rotatable bonds is 5. The fourth-order valence-corrected chi connectivity index (χ4v) is 2.51. The van der Waals surface area contributed by atoms with Gasteiger partial charge < -0.3 is 10.1 Å². The molecule has 1 heterocycles. The van der Waals surface area contributed by atoms with Gasteiger partial charge in [0.05, 0.1) is 5.02 Å². The number of nitrogens with one attached hydrogen (secondary N) is 1. The maximum atomic E-state index is 13.4. The van der Waals surface area contributed by atoms with Crippen LogP contribution in [0.15, 0.2) is 18.2 Å². The quantitative estimate of drug-likeness (QED) is 0.883. The van der Waals surface area contributed by atoms with E-state index in [0.29, 0.717) is 11.7 Å². The summed E-state index contributed by atoms with van der Waals surface area (Å²) in [4.78, 5) is 0. The number of halogens is 2. The zero-order chi connectivity index (χ0) is 13.0. The standard InChI is InChI=1S/C14H19ClFNO/c1-2-3-14(10-6-7-17-9-10)18-11-4-5-12(15)13(16)8-11/h4-5,8,10,14,17H,2-3,6-7,9H2,1H3/t10?,14-/m0/s1. The van der Waals surface area contributed by atoms with Crippen molar-refractivity contribution in [3.05, 3.63) is 29.0 Å². The van der Waals surface area contributed by atoms with Gasteiger partial charge in [0.2, 0.25) is 0 Å². The molecule has 2 nitrogen and oxygen atoms in total. The van der Waals surface area contributed by atoms with Crippen LogP contribution in [-0.2, 0) is 0 Å². The van der Waals surface area contributed by atoms with Gasteiger partial charge in [-0.25, -0.2) is 4.39 Å². The lowest BCUT2D eigenvalue weighted by molar-refractivity contribution is 0.132. The Bertz CT molecular complexity index is 393. The van der Waals surface area contributed by atoms with E-state index >= 15 is 0 Å². The molecule has 1 unspecified atom stereocenters. The summed E-state index contributed by atoms with van der Waals surface area (Å²) in [5.41, 5.74) is 0. The van der Waals surface area contributed by atoms with Crippen LogP contribution in [0.25, 0.3) is 0 Å². The van der Waals surface area contributed by atoms with E-state index in [2.05, 4.69) is 12.2 Å². The summed E-state index contributed by atoms with van der Waals surface area (Å²) in [6.07, 6.45) is 3.35. The monoisotopic (exact) mass is 271 g/mol. The van der Waals surface area contributed by atoms with E-state index in [1.165, 1.54) is 6.07 Å². The molecule has 0 bridgehead atoms. The predicted molar refractivity (Wildman–Crippen MR) is 71.7 cm³/mol. The van der Waals surface area contributed by atoms with E-state index in [4.69, 9.17) is 16.3 Å². The first kappa shape index (κ1) is 13.6. The molecule has 0 amide bonds. The summed E-state index contributed by atoms with van der Waals surface area (Å²) in [5.74, 6) is 0.667. The lowest BCUT2D eigenvalue weighted by atomic mass is 9.97. The number of benzene rings is 1. The van der Waals surface area contributed by atoms with Crippen LogP contribution in [-0.4, -0.2) is 19.2 Å². The van der Waals surface area contributed by atoms with Gasteiger partial charge in [0.25, 0.3) is 0 Å². The van der Waals surface area contributed by atoms with Crippen LogP contribution < -0.4 is 10.1 Å².